The molecule has 0 saturated carbocycles. The van der Waals surface area contributed by atoms with Gasteiger partial charge < -0.3 is 4.74 Å². The van der Waals surface area contributed by atoms with Crippen molar-refractivity contribution in [1.29, 1.82) is 0 Å². The summed E-state index contributed by atoms with van der Waals surface area (Å²) in [7, 11) is 0. The lowest BCUT2D eigenvalue weighted by Gasteiger charge is -2.00. The van der Waals surface area contributed by atoms with E-state index in [1.165, 1.54) is 11.4 Å². The van der Waals surface area contributed by atoms with Crippen LogP contribution in [0.25, 0.3) is 5.65 Å². The number of aromatic nitrogens is 3. The second kappa shape index (κ2) is 4.32. The number of ketones is 1. The average Bonchev–Trinajstić information content (AvgIpc) is 2.61. The molecule has 0 aliphatic heterocycles. The van der Waals surface area contributed by atoms with Gasteiger partial charge in [-0.3, -0.25) is 4.79 Å². The minimum Gasteiger partial charge on any atom is -0.454 e. The largest absolute Gasteiger partial charge is 0.454 e. The van der Waals surface area contributed by atoms with Gasteiger partial charge in [-0.2, -0.15) is 5.10 Å². The SMILES string of the molecule is CC(=O)COC(=O)c1c(C)nn2cccnc12. The molecule has 17 heavy (non-hydrogen) atoms. The van der Waals surface area contributed by atoms with Crippen molar-refractivity contribution in [2.45, 2.75) is 13.8 Å². The Morgan fingerprint density at radius 1 is 1.47 bits per heavy atom. The molecule has 2 aromatic heterocycles. The molecule has 0 amide bonds. The molecule has 0 unspecified atom stereocenters. The Kier molecular flexibility index (Phi) is 2.86. The summed E-state index contributed by atoms with van der Waals surface area (Å²) in [5.41, 5.74) is 1.25. The van der Waals surface area contributed by atoms with Crippen molar-refractivity contribution >= 4 is 17.4 Å². The Balaban J connectivity index is 2.37. The van der Waals surface area contributed by atoms with Crippen molar-refractivity contribution in [3.05, 3.63) is 29.7 Å². The molecule has 0 saturated heterocycles. The Morgan fingerprint density at radius 3 is 2.94 bits per heavy atom. The van der Waals surface area contributed by atoms with Crippen LogP contribution in [-0.2, 0) is 9.53 Å². The molecule has 0 aromatic carbocycles. The van der Waals surface area contributed by atoms with Gasteiger partial charge in [-0.15, -0.1) is 0 Å². The predicted molar refractivity (Wildman–Crippen MR) is 58.7 cm³/mol. The van der Waals surface area contributed by atoms with Gasteiger partial charge >= 0.3 is 5.97 Å². The fourth-order valence-corrected chi connectivity index (χ4v) is 1.47. The summed E-state index contributed by atoms with van der Waals surface area (Å²) in [6, 6.07) is 1.71. The van der Waals surface area contributed by atoms with Crippen molar-refractivity contribution in [3.63, 3.8) is 0 Å². The summed E-state index contributed by atoms with van der Waals surface area (Å²) in [5, 5.41) is 4.13. The highest BCUT2D eigenvalue weighted by molar-refractivity contribution is 5.98. The molecule has 0 aliphatic carbocycles. The van der Waals surface area contributed by atoms with Crippen LogP contribution in [0.2, 0.25) is 0 Å². The van der Waals surface area contributed by atoms with Crippen molar-refractivity contribution < 1.29 is 14.3 Å². The third-order valence-electron chi connectivity index (χ3n) is 2.18. The van der Waals surface area contributed by atoms with E-state index in [1.54, 1.807) is 25.4 Å². The standard InChI is InChI=1S/C11H11N3O3/c1-7(15)6-17-11(16)9-8(2)13-14-5-3-4-12-10(9)14/h3-5H,6H2,1-2H3. The summed E-state index contributed by atoms with van der Waals surface area (Å²) < 4.78 is 6.35. The summed E-state index contributed by atoms with van der Waals surface area (Å²) in [4.78, 5) is 26.6. The molecule has 0 N–H and O–H groups in total. The highest BCUT2D eigenvalue weighted by atomic mass is 16.5. The fourth-order valence-electron chi connectivity index (χ4n) is 1.47. The maximum Gasteiger partial charge on any atom is 0.344 e. The van der Waals surface area contributed by atoms with Crippen LogP contribution in [0, 0.1) is 6.92 Å². The molecule has 0 radical (unpaired) electrons. The highest BCUT2D eigenvalue weighted by Crippen LogP contribution is 2.13. The van der Waals surface area contributed by atoms with Crippen LogP contribution in [0.3, 0.4) is 0 Å². The van der Waals surface area contributed by atoms with E-state index in [-0.39, 0.29) is 12.4 Å². The van der Waals surface area contributed by atoms with Crippen LogP contribution in [0.5, 0.6) is 0 Å². The Bertz CT molecular complexity index is 589. The Morgan fingerprint density at radius 2 is 2.24 bits per heavy atom. The van der Waals surface area contributed by atoms with Gasteiger partial charge in [-0.05, 0) is 19.9 Å². The first kappa shape index (κ1) is 11.3. The molecule has 0 aliphatic rings. The minimum atomic E-state index is -0.577. The van der Waals surface area contributed by atoms with E-state index >= 15 is 0 Å². The number of fused-ring (bicyclic) bond motifs is 1. The van der Waals surface area contributed by atoms with E-state index in [0.29, 0.717) is 16.9 Å². The van der Waals surface area contributed by atoms with E-state index in [0.717, 1.165) is 0 Å². The van der Waals surface area contributed by atoms with Crippen molar-refractivity contribution in [2.75, 3.05) is 6.61 Å². The zero-order valence-corrected chi connectivity index (χ0v) is 9.51. The van der Waals surface area contributed by atoms with Gasteiger partial charge in [0.05, 0.1) is 5.69 Å². The average molecular weight is 233 g/mol. The quantitative estimate of drug-likeness (QED) is 0.732. The summed E-state index contributed by atoms with van der Waals surface area (Å²) in [6.07, 6.45) is 3.26. The van der Waals surface area contributed by atoms with E-state index in [1.807, 2.05) is 0 Å². The number of ether oxygens (including phenoxy) is 1. The minimum absolute atomic E-state index is 0.208. The summed E-state index contributed by atoms with van der Waals surface area (Å²) in [6.45, 7) is 2.82. The van der Waals surface area contributed by atoms with Gasteiger partial charge in [0.1, 0.15) is 12.2 Å². The fraction of sp³-hybridized carbons (Fsp3) is 0.273. The van der Waals surface area contributed by atoms with E-state index in [4.69, 9.17) is 4.74 Å². The number of carbonyl (C=O) groups excluding carboxylic acids is 2. The molecule has 88 valence electrons. The van der Waals surface area contributed by atoms with Crippen LogP contribution in [-0.4, -0.2) is 33.0 Å². The van der Waals surface area contributed by atoms with E-state index < -0.39 is 5.97 Å². The lowest BCUT2D eigenvalue weighted by molar-refractivity contribution is -0.120. The second-order valence-electron chi connectivity index (χ2n) is 3.63. The molecule has 2 rings (SSSR count). The molecule has 6 nitrogen and oxygen atoms in total. The van der Waals surface area contributed by atoms with Crippen LogP contribution >= 0.6 is 0 Å². The zero-order chi connectivity index (χ0) is 12.4. The zero-order valence-electron chi connectivity index (χ0n) is 9.51. The van der Waals surface area contributed by atoms with Gasteiger partial charge in [0.15, 0.2) is 11.4 Å². The van der Waals surface area contributed by atoms with Crippen LogP contribution in [0.15, 0.2) is 18.5 Å². The number of hydrogen-bond donors (Lipinski definition) is 0. The molecule has 2 heterocycles. The van der Waals surface area contributed by atoms with Gasteiger partial charge in [-0.1, -0.05) is 0 Å². The monoisotopic (exact) mass is 233 g/mol. The van der Waals surface area contributed by atoms with Crippen molar-refractivity contribution in [2.24, 2.45) is 0 Å². The predicted octanol–water partition coefficient (Wildman–Crippen LogP) is 0.784. The summed E-state index contributed by atoms with van der Waals surface area (Å²) >= 11 is 0. The molecule has 0 atom stereocenters. The van der Waals surface area contributed by atoms with Gasteiger partial charge in [-0.25, -0.2) is 14.3 Å². The number of hydrogen-bond acceptors (Lipinski definition) is 5. The Hall–Kier alpha value is -2.24. The van der Waals surface area contributed by atoms with E-state index in [2.05, 4.69) is 10.1 Å². The third kappa shape index (κ3) is 2.15. The topological polar surface area (TPSA) is 73.6 Å². The maximum atomic E-state index is 11.8. The van der Waals surface area contributed by atoms with Gasteiger partial charge in [0.25, 0.3) is 0 Å². The first-order chi connectivity index (χ1) is 8.09. The summed E-state index contributed by atoms with van der Waals surface area (Å²) in [5.74, 6) is -0.785. The van der Waals surface area contributed by atoms with Gasteiger partial charge in [0.2, 0.25) is 0 Å². The Labute approximate surface area is 97.2 Å². The van der Waals surface area contributed by atoms with Crippen LogP contribution < -0.4 is 0 Å². The normalized spacial score (nSPS) is 10.5. The molecular formula is C11H11N3O3. The van der Waals surface area contributed by atoms with Crippen LogP contribution in [0.4, 0.5) is 0 Å². The van der Waals surface area contributed by atoms with Gasteiger partial charge in [0, 0.05) is 12.4 Å². The van der Waals surface area contributed by atoms with Crippen LogP contribution in [0.1, 0.15) is 23.0 Å². The first-order valence-electron chi connectivity index (χ1n) is 5.06. The smallest absolute Gasteiger partial charge is 0.344 e. The van der Waals surface area contributed by atoms with E-state index in [9.17, 15) is 9.59 Å². The van der Waals surface area contributed by atoms with Crippen molar-refractivity contribution in [3.8, 4) is 0 Å². The third-order valence-corrected chi connectivity index (χ3v) is 2.18. The molecule has 0 spiro atoms. The molecule has 2 aromatic rings. The molecule has 0 fully saturated rings. The molecule has 0 bridgehead atoms. The number of nitrogens with zero attached hydrogens (tertiary/aromatic N) is 3. The number of rotatable bonds is 3. The molecule has 6 heteroatoms. The lowest BCUT2D eigenvalue weighted by Crippen LogP contribution is -2.12. The molecular weight excluding hydrogens is 222 g/mol. The first-order valence-corrected chi connectivity index (χ1v) is 5.06. The lowest BCUT2D eigenvalue weighted by atomic mass is 10.2. The maximum absolute atomic E-state index is 11.8. The number of esters is 1. The second-order valence-corrected chi connectivity index (χ2v) is 3.63. The number of aryl methyl sites for hydroxylation is 1. The number of carbonyl (C=O) groups is 2. The van der Waals surface area contributed by atoms with Crippen molar-refractivity contribution in [1.82, 2.24) is 14.6 Å². The highest BCUT2D eigenvalue weighted by Gasteiger charge is 2.19. The number of Topliss-reactive ketones (excluding diaryl/α,β-unsaturated/α-hetero) is 1.